The molecule has 2 rings (SSSR count). The third kappa shape index (κ3) is 2.58. The topological polar surface area (TPSA) is 60.1 Å². The van der Waals surface area contributed by atoms with Gasteiger partial charge in [-0.1, -0.05) is 5.16 Å². The first-order valence-electron chi connectivity index (χ1n) is 5.12. The largest absolute Gasteiger partial charge is 0.358 e. The van der Waals surface area contributed by atoms with Gasteiger partial charge in [0.15, 0.2) is 5.76 Å². The van der Waals surface area contributed by atoms with Crippen molar-refractivity contribution < 1.29 is 9.32 Å². The van der Waals surface area contributed by atoms with Gasteiger partial charge in [-0.05, 0) is 35.0 Å². The van der Waals surface area contributed by atoms with Crippen molar-refractivity contribution in [2.45, 2.75) is 13.0 Å². The number of rotatable bonds is 3. The van der Waals surface area contributed by atoms with Crippen LogP contribution in [0.1, 0.15) is 29.2 Å². The number of aryl methyl sites for hydroxylation is 1. The van der Waals surface area contributed by atoms with Crippen molar-refractivity contribution in [2.24, 2.45) is 7.05 Å². The van der Waals surface area contributed by atoms with Gasteiger partial charge in [0.25, 0.3) is 5.91 Å². The first-order valence-corrected chi connectivity index (χ1v) is 5.91. The molecule has 0 aromatic carbocycles. The van der Waals surface area contributed by atoms with Gasteiger partial charge >= 0.3 is 0 Å². The Hall–Kier alpha value is -1.56. The lowest BCUT2D eigenvalue weighted by Crippen LogP contribution is -2.27. The van der Waals surface area contributed by atoms with Crippen molar-refractivity contribution in [3.05, 3.63) is 40.5 Å². The minimum absolute atomic E-state index is 0.141. The van der Waals surface area contributed by atoms with Gasteiger partial charge in [-0.3, -0.25) is 4.79 Å². The predicted molar refractivity (Wildman–Crippen MR) is 65.5 cm³/mol. The van der Waals surface area contributed by atoms with Crippen LogP contribution in [0, 0.1) is 0 Å². The Bertz CT molecular complexity index is 532. The van der Waals surface area contributed by atoms with E-state index in [-0.39, 0.29) is 11.9 Å². The van der Waals surface area contributed by atoms with Crippen LogP contribution in [-0.2, 0) is 7.05 Å². The molecule has 1 N–H and O–H groups in total. The standard InChI is InChI=1S/C11H12BrN3O2/c1-7(9-6-10(12)14-17-9)13-11(16)8-4-3-5-15(8)2/h3-7H,1-2H3,(H,13,16)/t7-/m1/s1. The van der Waals surface area contributed by atoms with Crippen LogP contribution in [0.5, 0.6) is 0 Å². The average Bonchev–Trinajstić information content (AvgIpc) is 2.86. The van der Waals surface area contributed by atoms with E-state index in [0.717, 1.165) is 0 Å². The molecule has 2 aromatic rings. The van der Waals surface area contributed by atoms with Crippen molar-refractivity contribution in [3.63, 3.8) is 0 Å². The molecule has 0 radical (unpaired) electrons. The minimum Gasteiger partial charge on any atom is -0.358 e. The fourth-order valence-electron chi connectivity index (χ4n) is 1.51. The highest BCUT2D eigenvalue weighted by Gasteiger charge is 2.16. The summed E-state index contributed by atoms with van der Waals surface area (Å²) in [7, 11) is 1.82. The molecule has 0 bridgehead atoms. The Morgan fingerprint density at radius 2 is 2.41 bits per heavy atom. The van der Waals surface area contributed by atoms with Crippen LogP contribution < -0.4 is 5.32 Å². The molecular formula is C11H12BrN3O2. The number of nitrogens with one attached hydrogen (secondary N) is 1. The summed E-state index contributed by atoms with van der Waals surface area (Å²) in [5.41, 5.74) is 0.607. The third-order valence-electron chi connectivity index (χ3n) is 2.45. The van der Waals surface area contributed by atoms with E-state index in [9.17, 15) is 4.79 Å². The number of carbonyl (C=O) groups excluding carboxylic acids is 1. The zero-order valence-corrected chi connectivity index (χ0v) is 11.1. The van der Waals surface area contributed by atoms with Crippen LogP contribution in [0.25, 0.3) is 0 Å². The molecule has 6 heteroatoms. The van der Waals surface area contributed by atoms with Crippen molar-refractivity contribution >= 4 is 21.8 Å². The molecule has 0 unspecified atom stereocenters. The predicted octanol–water partition coefficient (Wildman–Crippen LogP) is 2.27. The van der Waals surface area contributed by atoms with E-state index in [4.69, 9.17) is 4.52 Å². The van der Waals surface area contributed by atoms with E-state index in [0.29, 0.717) is 16.1 Å². The number of aromatic nitrogens is 2. The van der Waals surface area contributed by atoms with Crippen molar-refractivity contribution in [1.82, 2.24) is 15.0 Å². The number of carbonyl (C=O) groups is 1. The molecule has 0 aliphatic carbocycles. The van der Waals surface area contributed by atoms with Crippen LogP contribution in [0.2, 0.25) is 0 Å². The van der Waals surface area contributed by atoms with Gasteiger partial charge in [-0.2, -0.15) is 0 Å². The monoisotopic (exact) mass is 297 g/mol. The SMILES string of the molecule is C[C@@H](NC(=O)c1cccn1C)c1cc(Br)no1. The van der Waals surface area contributed by atoms with E-state index in [1.54, 1.807) is 16.7 Å². The van der Waals surface area contributed by atoms with E-state index in [1.165, 1.54) is 0 Å². The summed E-state index contributed by atoms with van der Waals surface area (Å²) in [6.45, 7) is 1.84. The number of nitrogens with zero attached hydrogens (tertiary/aromatic N) is 2. The second-order valence-corrected chi connectivity index (χ2v) is 4.56. The zero-order chi connectivity index (χ0) is 12.4. The maximum atomic E-state index is 11.9. The lowest BCUT2D eigenvalue weighted by atomic mass is 10.2. The Kier molecular flexibility index (Phi) is 3.33. The smallest absolute Gasteiger partial charge is 0.268 e. The highest BCUT2D eigenvalue weighted by atomic mass is 79.9. The maximum absolute atomic E-state index is 11.9. The minimum atomic E-state index is -0.226. The van der Waals surface area contributed by atoms with Crippen LogP contribution in [-0.4, -0.2) is 15.6 Å². The number of halogens is 1. The summed E-state index contributed by atoms with van der Waals surface area (Å²) in [4.78, 5) is 11.9. The normalized spacial score (nSPS) is 12.4. The fraction of sp³-hybridized carbons (Fsp3) is 0.273. The molecule has 17 heavy (non-hydrogen) atoms. The van der Waals surface area contributed by atoms with Gasteiger partial charge in [0.2, 0.25) is 0 Å². The first kappa shape index (κ1) is 11.9. The Labute approximate surface area is 107 Å². The molecule has 0 fully saturated rings. The van der Waals surface area contributed by atoms with E-state index < -0.39 is 0 Å². The van der Waals surface area contributed by atoms with E-state index in [2.05, 4.69) is 26.4 Å². The van der Waals surface area contributed by atoms with Gasteiger partial charge in [0.1, 0.15) is 10.3 Å². The average molecular weight is 298 g/mol. The summed E-state index contributed by atoms with van der Waals surface area (Å²) in [5, 5.41) is 6.55. The summed E-state index contributed by atoms with van der Waals surface area (Å²) < 4.78 is 7.44. The molecule has 2 aromatic heterocycles. The molecule has 0 aliphatic rings. The molecule has 5 nitrogen and oxygen atoms in total. The second kappa shape index (κ2) is 4.75. The van der Waals surface area contributed by atoms with Gasteiger partial charge in [-0.15, -0.1) is 0 Å². The van der Waals surface area contributed by atoms with Gasteiger partial charge < -0.3 is 14.4 Å². The molecule has 2 heterocycles. The number of hydrogen-bond donors (Lipinski definition) is 1. The second-order valence-electron chi connectivity index (χ2n) is 3.75. The summed E-state index contributed by atoms with van der Waals surface area (Å²) in [6, 6.07) is 5.09. The third-order valence-corrected chi connectivity index (χ3v) is 2.82. The lowest BCUT2D eigenvalue weighted by Gasteiger charge is -2.10. The van der Waals surface area contributed by atoms with Crippen LogP contribution in [0.3, 0.4) is 0 Å². The van der Waals surface area contributed by atoms with Crippen LogP contribution in [0.15, 0.2) is 33.5 Å². The lowest BCUT2D eigenvalue weighted by molar-refractivity contribution is 0.0925. The fourth-order valence-corrected chi connectivity index (χ4v) is 1.81. The molecule has 1 atom stereocenters. The van der Waals surface area contributed by atoms with Crippen molar-refractivity contribution in [2.75, 3.05) is 0 Å². The Balaban J connectivity index is 2.07. The summed E-state index contributed by atoms with van der Waals surface area (Å²) >= 11 is 3.20. The quantitative estimate of drug-likeness (QED) is 0.945. The molecule has 0 aliphatic heterocycles. The molecule has 1 amide bonds. The van der Waals surface area contributed by atoms with Gasteiger partial charge in [0.05, 0.1) is 6.04 Å². The van der Waals surface area contributed by atoms with Crippen molar-refractivity contribution in [1.29, 1.82) is 0 Å². The summed E-state index contributed by atoms with van der Waals surface area (Å²) in [6.07, 6.45) is 1.82. The Morgan fingerprint density at radius 1 is 1.65 bits per heavy atom. The van der Waals surface area contributed by atoms with E-state index in [1.807, 2.05) is 26.2 Å². The summed E-state index contributed by atoms with van der Waals surface area (Å²) in [5.74, 6) is 0.469. The van der Waals surface area contributed by atoms with E-state index >= 15 is 0 Å². The van der Waals surface area contributed by atoms with Gasteiger partial charge in [-0.25, -0.2) is 0 Å². The molecule has 90 valence electrons. The van der Waals surface area contributed by atoms with Gasteiger partial charge in [0, 0.05) is 19.3 Å². The highest BCUT2D eigenvalue weighted by Crippen LogP contribution is 2.17. The highest BCUT2D eigenvalue weighted by molar-refractivity contribution is 9.10. The zero-order valence-electron chi connectivity index (χ0n) is 9.48. The molecule has 0 saturated carbocycles. The van der Waals surface area contributed by atoms with Crippen LogP contribution in [0.4, 0.5) is 0 Å². The molecular weight excluding hydrogens is 286 g/mol. The Morgan fingerprint density at radius 3 is 2.94 bits per heavy atom. The molecule has 0 saturated heterocycles. The number of hydrogen-bond acceptors (Lipinski definition) is 3. The number of amides is 1. The molecule has 0 spiro atoms. The first-order chi connectivity index (χ1) is 8.08. The van der Waals surface area contributed by atoms with Crippen molar-refractivity contribution in [3.8, 4) is 0 Å². The van der Waals surface area contributed by atoms with Crippen LogP contribution >= 0.6 is 15.9 Å². The maximum Gasteiger partial charge on any atom is 0.268 e.